The summed E-state index contributed by atoms with van der Waals surface area (Å²) in [5, 5.41) is 0.147. The van der Waals surface area contributed by atoms with Crippen LogP contribution < -0.4 is 0 Å². The molecule has 0 bridgehead atoms. The predicted octanol–water partition coefficient (Wildman–Crippen LogP) is 3.04. The van der Waals surface area contributed by atoms with E-state index in [1.165, 1.54) is 6.42 Å². The van der Waals surface area contributed by atoms with E-state index in [2.05, 4.69) is 13.8 Å². The van der Waals surface area contributed by atoms with Gasteiger partial charge in [0.25, 0.3) is 0 Å². The number of amides is 1. The second-order valence-electron chi connectivity index (χ2n) is 4.58. The second kappa shape index (κ2) is 6.37. The van der Waals surface area contributed by atoms with E-state index < -0.39 is 0 Å². The number of likely N-dealkylation sites (tertiary alicyclic amines) is 1. The van der Waals surface area contributed by atoms with Crippen LogP contribution in [0.2, 0.25) is 0 Å². The molecule has 1 aliphatic heterocycles. The second-order valence-corrected chi connectivity index (χ2v) is 5.14. The molecule has 0 aromatic rings. The summed E-state index contributed by atoms with van der Waals surface area (Å²) in [5.41, 5.74) is 0. The molecule has 1 rings (SSSR count). The number of halogens is 1. The molecule has 1 amide bonds. The van der Waals surface area contributed by atoms with Gasteiger partial charge in [0.2, 0.25) is 5.91 Å². The lowest BCUT2D eigenvalue weighted by atomic mass is 9.98. The average Bonchev–Trinajstić information content (AvgIpc) is 2.22. The van der Waals surface area contributed by atoms with Crippen molar-refractivity contribution in [1.29, 1.82) is 0 Å². The highest BCUT2D eigenvalue weighted by Crippen LogP contribution is 2.22. The Morgan fingerprint density at radius 1 is 1.47 bits per heavy atom. The summed E-state index contributed by atoms with van der Waals surface area (Å²) in [6.07, 6.45) is 5.09. The Kier molecular flexibility index (Phi) is 5.44. The van der Waals surface area contributed by atoms with Crippen molar-refractivity contribution in [3.8, 4) is 0 Å². The van der Waals surface area contributed by atoms with E-state index in [0.717, 1.165) is 32.4 Å². The minimum absolute atomic E-state index is 0.147. The van der Waals surface area contributed by atoms with Gasteiger partial charge in [0.15, 0.2) is 0 Å². The molecule has 1 fully saturated rings. The number of rotatable bonds is 4. The topological polar surface area (TPSA) is 20.3 Å². The molecular weight excluding hydrogens is 210 g/mol. The highest BCUT2D eigenvalue weighted by molar-refractivity contribution is 6.21. The number of carbonyl (C=O) groups is 1. The van der Waals surface area contributed by atoms with Gasteiger partial charge < -0.3 is 4.90 Å². The van der Waals surface area contributed by atoms with Crippen LogP contribution in [-0.2, 0) is 4.79 Å². The van der Waals surface area contributed by atoms with E-state index in [1.54, 1.807) is 0 Å². The van der Waals surface area contributed by atoms with Gasteiger partial charge in [-0.2, -0.15) is 0 Å². The third-order valence-corrected chi connectivity index (χ3v) is 3.78. The van der Waals surface area contributed by atoms with Gasteiger partial charge in [0, 0.05) is 19.5 Å². The van der Waals surface area contributed by atoms with Gasteiger partial charge in [-0.15, -0.1) is 11.6 Å². The first-order valence-electron chi connectivity index (χ1n) is 6.07. The highest BCUT2D eigenvalue weighted by Gasteiger charge is 2.26. The molecule has 0 aromatic heterocycles. The maximum absolute atomic E-state index is 11.8. The first-order valence-corrected chi connectivity index (χ1v) is 6.50. The number of carbonyl (C=O) groups excluding carboxylic acids is 1. The third-order valence-electron chi connectivity index (χ3n) is 3.21. The molecule has 1 heterocycles. The van der Waals surface area contributed by atoms with Crippen LogP contribution in [0.1, 0.15) is 46.0 Å². The van der Waals surface area contributed by atoms with E-state index in [9.17, 15) is 4.79 Å². The monoisotopic (exact) mass is 231 g/mol. The van der Waals surface area contributed by atoms with Crippen molar-refractivity contribution < 1.29 is 4.79 Å². The van der Waals surface area contributed by atoms with Crippen molar-refractivity contribution in [2.75, 3.05) is 13.1 Å². The normalized spacial score (nSPS) is 26.7. The van der Waals surface area contributed by atoms with Crippen LogP contribution in [0.25, 0.3) is 0 Å². The van der Waals surface area contributed by atoms with E-state index in [-0.39, 0.29) is 5.38 Å². The Bertz CT molecular complexity index is 208. The van der Waals surface area contributed by atoms with Gasteiger partial charge in [-0.25, -0.2) is 0 Å². The minimum atomic E-state index is 0.147. The molecule has 15 heavy (non-hydrogen) atoms. The van der Waals surface area contributed by atoms with Crippen LogP contribution in [0.3, 0.4) is 0 Å². The largest absolute Gasteiger partial charge is 0.341 e. The molecule has 2 nitrogen and oxygen atoms in total. The van der Waals surface area contributed by atoms with Crippen molar-refractivity contribution in [2.24, 2.45) is 5.92 Å². The molecule has 88 valence electrons. The standard InChI is InChI=1S/C12H22ClNO/c1-3-4-5-6-12(15)14-8-7-10(2)11(13)9-14/h10-11H,3-9H2,1-2H3. The van der Waals surface area contributed by atoms with Gasteiger partial charge >= 0.3 is 0 Å². The smallest absolute Gasteiger partial charge is 0.222 e. The molecule has 0 spiro atoms. The van der Waals surface area contributed by atoms with Gasteiger partial charge in [-0.1, -0.05) is 26.7 Å². The molecule has 0 N–H and O–H groups in total. The van der Waals surface area contributed by atoms with Crippen LogP contribution >= 0.6 is 11.6 Å². The number of nitrogens with zero attached hydrogens (tertiary/aromatic N) is 1. The molecule has 0 saturated carbocycles. The average molecular weight is 232 g/mol. The SMILES string of the molecule is CCCCCC(=O)N1CCC(C)C(Cl)C1. The summed E-state index contributed by atoms with van der Waals surface area (Å²) >= 11 is 6.17. The Labute approximate surface area is 98.0 Å². The molecule has 1 aliphatic rings. The first kappa shape index (κ1) is 12.8. The Morgan fingerprint density at radius 2 is 2.20 bits per heavy atom. The zero-order valence-electron chi connectivity index (χ0n) is 9.84. The van der Waals surface area contributed by atoms with Crippen molar-refractivity contribution in [3.63, 3.8) is 0 Å². The van der Waals surface area contributed by atoms with E-state index >= 15 is 0 Å². The molecule has 2 unspecified atom stereocenters. The van der Waals surface area contributed by atoms with Crippen LogP contribution in [-0.4, -0.2) is 29.3 Å². The van der Waals surface area contributed by atoms with E-state index in [4.69, 9.17) is 11.6 Å². The fourth-order valence-electron chi connectivity index (χ4n) is 1.93. The molecular formula is C12H22ClNO. The third kappa shape index (κ3) is 4.02. The first-order chi connectivity index (χ1) is 7.15. The molecule has 0 aromatic carbocycles. The fraction of sp³-hybridized carbons (Fsp3) is 0.917. The van der Waals surface area contributed by atoms with Gasteiger partial charge in [0.1, 0.15) is 0 Å². The molecule has 0 radical (unpaired) electrons. The Morgan fingerprint density at radius 3 is 2.80 bits per heavy atom. The number of piperidine rings is 1. The highest BCUT2D eigenvalue weighted by atomic mass is 35.5. The van der Waals surface area contributed by atoms with Gasteiger partial charge in [-0.3, -0.25) is 4.79 Å². The van der Waals surface area contributed by atoms with Crippen LogP contribution in [0.5, 0.6) is 0 Å². The van der Waals surface area contributed by atoms with Crippen molar-refractivity contribution >= 4 is 17.5 Å². The maximum Gasteiger partial charge on any atom is 0.222 e. The fourth-order valence-corrected chi connectivity index (χ4v) is 2.23. The zero-order valence-corrected chi connectivity index (χ0v) is 10.6. The quantitative estimate of drug-likeness (QED) is 0.538. The van der Waals surface area contributed by atoms with Crippen LogP contribution in [0.15, 0.2) is 0 Å². The van der Waals surface area contributed by atoms with Crippen LogP contribution in [0, 0.1) is 5.92 Å². The van der Waals surface area contributed by atoms with E-state index in [1.807, 2.05) is 4.90 Å². The Balaban J connectivity index is 2.28. The lowest BCUT2D eigenvalue weighted by molar-refractivity contribution is -0.132. The molecule has 0 aliphatic carbocycles. The number of unbranched alkanes of at least 4 members (excludes halogenated alkanes) is 2. The minimum Gasteiger partial charge on any atom is -0.341 e. The van der Waals surface area contributed by atoms with Gasteiger partial charge in [-0.05, 0) is 18.8 Å². The van der Waals surface area contributed by atoms with Crippen molar-refractivity contribution in [2.45, 2.75) is 51.3 Å². The lowest BCUT2D eigenvalue weighted by Gasteiger charge is -2.34. The zero-order chi connectivity index (χ0) is 11.3. The summed E-state index contributed by atoms with van der Waals surface area (Å²) in [4.78, 5) is 13.7. The summed E-state index contributed by atoms with van der Waals surface area (Å²) in [5.74, 6) is 0.840. The summed E-state index contributed by atoms with van der Waals surface area (Å²) in [6, 6.07) is 0. The molecule has 3 heteroatoms. The predicted molar refractivity (Wildman–Crippen MR) is 64.1 cm³/mol. The van der Waals surface area contributed by atoms with Crippen molar-refractivity contribution in [3.05, 3.63) is 0 Å². The Hall–Kier alpha value is -0.240. The van der Waals surface area contributed by atoms with Gasteiger partial charge in [0.05, 0.1) is 5.38 Å². The maximum atomic E-state index is 11.8. The lowest BCUT2D eigenvalue weighted by Crippen LogP contribution is -2.43. The summed E-state index contributed by atoms with van der Waals surface area (Å²) < 4.78 is 0. The number of hydrogen-bond donors (Lipinski definition) is 0. The molecule has 2 atom stereocenters. The molecule has 1 saturated heterocycles. The van der Waals surface area contributed by atoms with Crippen molar-refractivity contribution in [1.82, 2.24) is 4.90 Å². The summed E-state index contributed by atoms with van der Waals surface area (Å²) in [7, 11) is 0. The number of alkyl halides is 1. The summed E-state index contributed by atoms with van der Waals surface area (Å²) in [6.45, 7) is 5.96. The number of hydrogen-bond acceptors (Lipinski definition) is 1. The van der Waals surface area contributed by atoms with E-state index in [0.29, 0.717) is 18.2 Å². The van der Waals surface area contributed by atoms with Crippen LogP contribution in [0.4, 0.5) is 0 Å².